The molecule has 2 aromatic heterocycles. The number of benzene rings is 1. The Labute approximate surface area is 171 Å². The molecule has 29 heavy (non-hydrogen) atoms. The highest BCUT2D eigenvalue weighted by atomic mass is 32.2. The van der Waals surface area contributed by atoms with Crippen LogP contribution in [0.15, 0.2) is 51.8 Å². The van der Waals surface area contributed by atoms with Gasteiger partial charge >= 0.3 is 0 Å². The van der Waals surface area contributed by atoms with Crippen LogP contribution in [0.3, 0.4) is 0 Å². The number of nitrogens with two attached hydrogens (primary N) is 1. The maximum atomic E-state index is 14.2. The standard InChI is InChI=1S/C19H19FN4O3S2/c1-19(2)18(24-21)23-15(9-29(19,25)26)17-6-13(8-28-17)11-3-12(5-14(20)4-11)16-7-22-10-27-16/h3-8,10,15H,9,21H2,1-2H3,(H,23,24)/t15-/m0/s1. The van der Waals surface area contributed by atoms with Crippen molar-refractivity contribution in [2.45, 2.75) is 24.6 Å². The average molecular weight is 435 g/mol. The first-order valence-electron chi connectivity index (χ1n) is 8.77. The van der Waals surface area contributed by atoms with E-state index < -0.39 is 26.4 Å². The fraction of sp³-hybridized carbons (Fsp3) is 0.263. The van der Waals surface area contributed by atoms with Crippen molar-refractivity contribution in [2.24, 2.45) is 10.9 Å². The van der Waals surface area contributed by atoms with E-state index in [4.69, 9.17) is 10.3 Å². The summed E-state index contributed by atoms with van der Waals surface area (Å²) in [6.45, 7) is 3.16. The average Bonchev–Trinajstić information content (AvgIpc) is 3.35. The molecule has 0 spiro atoms. The van der Waals surface area contributed by atoms with Crippen LogP contribution in [-0.4, -0.2) is 29.7 Å². The van der Waals surface area contributed by atoms with Gasteiger partial charge in [0.05, 0.1) is 18.0 Å². The first kappa shape index (κ1) is 19.6. The van der Waals surface area contributed by atoms with Crippen molar-refractivity contribution < 1.29 is 17.2 Å². The van der Waals surface area contributed by atoms with E-state index in [2.05, 4.69) is 15.4 Å². The van der Waals surface area contributed by atoms with Gasteiger partial charge in [-0.1, -0.05) is 0 Å². The van der Waals surface area contributed by atoms with Crippen molar-refractivity contribution in [2.75, 3.05) is 5.75 Å². The minimum absolute atomic E-state index is 0.0779. The minimum atomic E-state index is -3.46. The number of oxazole rings is 1. The maximum Gasteiger partial charge on any atom is 0.181 e. The van der Waals surface area contributed by atoms with E-state index in [9.17, 15) is 12.8 Å². The smallest absolute Gasteiger partial charge is 0.181 e. The summed E-state index contributed by atoms with van der Waals surface area (Å²) in [5.74, 6) is 5.63. The van der Waals surface area contributed by atoms with Gasteiger partial charge in [-0.3, -0.25) is 0 Å². The lowest BCUT2D eigenvalue weighted by Gasteiger charge is -2.36. The van der Waals surface area contributed by atoms with Crippen LogP contribution in [0.2, 0.25) is 0 Å². The predicted molar refractivity (Wildman–Crippen MR) is 111 cm³/mol. The molecule has 7 nitrogen and oxygen atoms in total. The number of nitrogens with one attached hydrogen (secondary N) is 1. The molecule has 1 saturated heterocycles. The van der Waals surface area contributed by atoms with Crippen LogP contribution in [-0.2, 0) is 9.84 Å². The largest absolute Gasteiger partial charge is 0.444 e. The lowest BCUT2D eigenvalue weighted by Crippen LogP contribution is -2.57. The van der Waals surface area contributed by atoms with Crippen molar-refractivity contribution >= 4 is 27.0 Å². The SMILES string of the molecule is CC1(C)C(=NN)N[C@H](c2cc(-c3cc(F)cc(-c4cnco4)c3)cs2)CS1(=O)=O. The molecule has 0 amide bonds. The van der Waals surface area contributed by atoms with Gasteiger partial charge in [0.25, 0.3) is 0 Å². The fourth-order valence-corrected chi connectivity index (χ4v) is 5.84. The summed E-state index contributed by atoms with van der Waals surface area (Å²) >= 11 is 1.39. The van der Waals surface area contributed by atoms with Crippen molar-refractivity contribution in [3.05, 3.63) is 52.9 Å². The van der Waals surface area contributed by atoms with Crippen molar-refractivity contribution in [3.63, 3.8) is 0 Å². The number of nitrogens with zero attached hydrogens (tertiary/aromatic N) is 2. The molecule has 1 aromatic carbocycles. The van der Waals surface area contributed by atoms with E-state index in [-0.39, 0.29) is 11.6 Å². The highest BCUT2D eigenvalue weighted by Gasteiger charge is 2.46. The molecule has 1 fully saturated rings. The second kappa shape index (κ2) is 6.96. The van der Waals surface area contributed by atoms with E-state index in [1.165, 1.54) is 36.1 Å². The second-order valence-corrected chi connectivity index (χ2v) is 10.8. The van der Waals surface area contributed by atoms with Crippen LogP contribution in [0.1, 0.15) is 24.8 Å². The van der Waals surface area contributed by atoms with Gasteiger partial charge in [0.1, 0.15) is 16.4 Å². The van der Waals surface area contributed by atoms with Gasteiger partial charge in [0, 0.05) is 10.4 Å². The number of hydrazone groups is 1. The van der Waals surface area contributed by atoms with Crippen LogP contribution in [0.25, 0.3) is 22.5 Å². The van der Waals surface area contributed by atoms with E-state index >= 15 is 0 Å². The second-order valence-electron chi connectivity index (χ2n) is 7.30. The maximum absolute atomic E-state index is 14.2. The van der Waals surface area contributed by atoms with E-state index in [1.807, 2.05) is 11.4 Å². The Morgan fingerprint density at radius 3 is 2.72 bits per heavy atom. The van der Waals surface area contributed by atoms with Crippen LogP contribution in [0.5, 0.6) is 0 Å². The lowest BCUT2D eigenvalue weighted by molar-refractivity contribution is 0.545. The highest BCUT2D eigenvalue weighted by molar-refractivity contribution is 7.93. The molecule has 1 aliphatic rings. The molecule has 1 atom stereocenters. The Balaban J connectivity index is 1.68. The van der Waals surface area contributed by atoms with Crippen molar-refractivity contribution in [1.29, 1.82) is 0 Å². The third-order valence-electron chi connectivity index (χ3n) is 5.09. The summed E-state index contributed by atoms with van der Waals surface area (Å²) in [5, 5.41) is 8.65. The summed E-state index contributed by atoms with van der Waals surface area (Å²) in [6, 6.07) is 5.97. The molecular weight excluding hydrogens is 415 g/mol. The normalized spacial score (nSPS) is 21.8. The Hall–Kier alpha value is -2.72. The predicted octanol–water partition coefficient (Wildman–Crippen LogP) is 3.32. The molecule has 1 aliphatic heterocycles. The van der Waals surface area contributed by atoms with Gasteiger partial charge in [-0.05, 0) is 54.6 Å². The first-order valence-corrected chi connectivity index (χ1v) is 11.3. The first-order chi connectivity index (χ1) is 13.7. The van der Waals surface area contributed by atoms with Crippen LogP contribution in [0, 0.1) is 5.82 Å². The monoisotopic (exact) mass is 434 g/mol. The van der Waals surface area contributed by atoms with Gasteiger partial charge in [0.15, 0.2) is 22.0 Å². The zero-order chi connectivity index (χ0) is 20.8. The number of rotatable bonds is 3. The molecule has 0 bridgehead atoms. The number of halogens is 1. The molecule has 3 aromatic rings. The summed E-state index contributed by atoms with van der Waals surface area (Å²) < 4.78 is 43.7. The molecule has 4 rings (SSSR count). The van der Waals surface area contributed by atoms with Crippen LogP contribution >= 0.6 is 11.3 Å². The quantitative estimate of drug-likeness (QED) is 0.483. The van der Waals surface area contributed by atoms with E-state index in [0.717, 1.165) is 10.4 Å². The van der Waals surface area contributed by atoms with Gasteiger partial charge in [0.2, 0.25) is 0 Å². The number of hydrogen-bond donors (Lipinski definition) is 2. The molecule has 0 radical (unpaired) electrons. The van der Waals surface area contributed by atoms with Crippen LogP contribution < -0.4 is 11.2 Å². The zero-order valence-electron chi connectivity index (χ0n) is 15.7. The molecule has 0 unspecified atom stereocenters. The lowest BCUT2D eigenvalue weighted by atomic mass is 10.0. The topological polar surface area (TPSA) is 111 Å². The van der Waals surface area contributed by atoms with Crippen molar-refractivity contribution in [3.8, 4) is 22.5 Å². The fourth-order valence-electron chi connectivity index (χ4n) is 3.25. The molecule has 0 aliphatic carbocycles. The van der Waals surface area contributed by atoms with E-state index in [0.29, 0.717) is 16.9 Å². The summed E-state index contributed by atoms with van der Waals surface area (Å²) in [7, 11) is -3.46. The molecule has 0 saturated carbocycles. The third kappa shape index (κ3) is 3.42. The Kier molecular flexibility index (Phi) is 4.70. The van der Waals surface area contributed by atoms with Crippen LogP contribution in [0.4, 0.5) is 4.39 Å². The summed E-state index contributed by atoms with van der Waals surface area (Å²) in [6.07, 6.45) is 2.81. The minimum Gasteiger partial charge on any atom is -0.444 e. The molecule has 152 valence electrons. The molecule has 10 heteroatoms. The number of thiophene rings is 1. The van der Waals surface area contributed by atoms with Gasteiger partial charge in [-0.15, -0.1) is 11.3 Å². The Morgan fingerprint density at radius 1 is 1.28 bits per heavy atom. The van der Waals surface area contributed by atoms with Gasteiger partial charge < -0.3 is 15.6 Å². The van der Waals surface area contributed by atoms with Crippen molar-refractivity contribution in [1.82, 2.24) is 10.3 Å². The molecule has 3 heterocycles. The molecule has 3 N–H and O–H groups in total. The number of aromatic nitrogens is 1. The number of amidine groups is 1. The zero-order valence-corrected chi connectivity index (χ0v) is 17.3. The molecular formula is C19H19FN4O3S2. The van der Waals surface area contributed by atoms with Gasteiger partial charge in [-0.25, -0.2) is 17.8 Å². The van der Waals surface area contributed by atoms with E-state index in [1.54, 1.807) is 19.9 Å². The summed E-state index contributed by atoms with van der Waals surface area (Å²) in [5.41, 5.74) is 2.01. The van der Waals surface area contributed by atoms with Gasteiger partial charge in [-0.2, -0.15) is 5.10 Å². The summed E-state index contributed by atoms with van der Waals surface area (Å²) in [4.78, 5) is 4.66. The third-order valence-corrected chi connectivity index (χ3v) is 8.65. The Bertz CT molecular complexity index is 1180. The highest BCUT2D eigenvalue weighted by Crippen LogP contribution is 2.36. The number of sulfone groups is 1. The number of hydrogen-bond acceptors (Lipinski definition) is 7. The Morgan fingerprint density at radius 2 is 2.03 bits per heavy atom.